The van der Waals surface area contributed by atoms with Crippen molar-refractivity contribution in [2.24, 2.45) is 0 Å². The molecule has 0 aliphatic rings. The number of hydrogen-bond acceptors (Lipinski definition) is 6. The molecule has 0 saturated heterocycles. The molecule has 1 atom stereocenters. The van der Waals surface area contributed by atoms with Crippen LogP contribution in [0.25, 0.3) is 5.95 Å². The number of halogens is 1. The van der Waals surface area contributed by atoms with Crippen molar-refractivity contribution in [1.29, 1.82) is 5.26 Å². The van der Waals surface area contributed by atoms with E-state index in [0.29, 0.717) is 11.8 Å². The molecule has 0 aliphatic heterocycles. The Labute approximate surface area is 142 Å². The molecular formula is C16H12FN7O. The van der Waals surface area contributed by atoms with Gasteiger partial charge < -0.3 is 5.32 Å². The van der Waals surface area contributed by atoms with Gasteiger partial charge in [0.1, 0.15) is 12.1 Å². The van der Waals surface area contributed by atoms with Crippen molar-refractivity contribution in [3.63, 3.8) is 0 Å². The van der Waals surface area contributed by atoms with Crippen LogP contribution in [0.1, 0.15) is 34.7 Å². The average Bonchev–Trinajstić information content (AvgIpc) is 3.11. The third-order valence-electron chi connectivity index (χ3n) is 3.34. The van der Waals surface area contributed by atoms with Gasteiger partial charge in [0, 0.05) is 18.0 Å². The lowest BCUT2D eigenvalue weighted by atomic mass is 10.1. The lowest BCUT2D eigenvalue weighted by Crippen LogP contribution is -2.29. The van der Waals surface area contributed by atoms with Gasteiger partial charge in [0.05, 0.1) is 17.7 Å². The fourth-order valence-electron chi connectivity index (χ4n) is 2.23. The molecule has 124 valence electrons. The molecule has 1 aromatic carbocycles. The molecule has 0 bridgehead atoms. The summed E-state index contributed by atoms with van der Waals surface area (Å²) in [5, 5.41) is 15.6. The summed E-state index contributed by atoms with van der Waals surface area (Å²) in [5.41, 5.74) is 0.115. The van der Waals surface area contributed by atoms with Gasteiger partial charge in [0.15, 0.2) is 5.82 Å². The molecule has 0 unspecified atom stereocenters. The third-order valence-corrected chi connectivity index (χ3v) is 3.34. The second-order valence-electron chi connectivity index (χ2n) is 5.11. The number of nitriles is 1. The Kier molecular flexibility index (Phi) is 4.43. The van der Waals surface area contributed by atoms with Crippen molar-refractivity contribution in [1.82, 2.24) is 30.0 Å². The molecule has 8 nitrogen and oxygen atoms in total. The van der Waals surface area contributed by atoms with E-state index in [1.807, 2.05) is 6.07 Å². The highest BCUT2D eigenvalue weighted by Gasteiger charge is 2.19. The van der Waals surface area contributed by atoms with E-state index in [2.05, 4.69) is 25.4 Å². The van der Waals surface area contributed by atoms with Crippen LogP contribution >= 0.6 is 0 Å². The molecular weight excluding hydrogens is 325 g/mol. The van der Waals surface area contributed by atoms with Crippen molar-refractivity contribution in [3.05, 3.63) is 65.8 Å². The van der Waals surface area contributed by atoms with Crippen LogP contribution in [0.4, 0.5) is 4.39 Å². The Bertz CT molecular complexity index is 949. The number of nitrogens with zero attached hydrogens (tertiary/aromatic N) is 6. The monoisotopic (exact) mass is 337 g/mol. The quantitative estimate of drug-likeness (QED) is 0.774. The van der Waals surface area contributed by atoms with Gasteiger partial charge in [-0.3, -0.25) is 4.79 Å². The molecule has 0 saturated carbocycles. The number of benzene rings is 1. The van der Waals surface area contributed by atoms with E-state index < -0.39 is 17.8 Å². The van der Waals surface area contributed by atoms with Crippen LogP contribution in [0, 0.1) is 17.1 Å². The smallest absolute Gasteiger partial charge is 0.252 e. The van der Waals surface area contributed by atoms with E-state index in [0.717, 1.165) is 12.1 Å². The minimum Gasteiger partial charge on any atom is -0.342 e. The van der Waals surface area contributed by atoms with E-state index in [9.17, 15) is 9.18 Å². The lowest BCUT2D eigenvalue weighted by Gasteiger charge is -2.14. The summed E-state index contributed by atoms with van der Waals surface area (Å²) in [7, 11) is 0. The summed E-state index contributed by atoms with van der Waals surface area (Å²) >= 11 is 0. The van der Waals surface area contributed by atoms with Gasteiger partial charge in [0.2, 0.25) is 0 Å². The van der Waals surface area contributed by atoms with Gasteiger partial charge in [-0.05, 0) is 31.2 Å². The summed E-state index contributed by atoms with van der Waals surface area (Å²) in [6, 6.07) is 6.37. The van der Waals surface area contributed by atoms with Crippen LogP contribution in [-0.2, 0) is 0 Å². The summed E-state index contributed by atoms with van der Waals surface area (Å²) in [5.74, 6) is -0.463. The molecule has 25 heavy (non-hydrogen) atoms. The van der Waals surface area contributed by atoms with E-state index in [1.54, 1.807) is 25.4 Å². The topological polar surface area (TPSA) is 109 Å². The summed E-state index contributed by atoms with van der Waals surface area (Å²) < 4.78 is 14.9. The third kappa shape index (κ3) is 3.48. The minimum absolute atomic E-state index is 0.0467. The number of nitrogens with one attached hydrogen (secondary N) is 1. The molecule has 3 aromatic rings. The van der Waals surface area contributed by atoms with Crippen LogP contribution in [0.5, 0.6) is 0 Å². The standard InChI is InChI=1S/C16H12FN7O/c1-10(14-21-9-22-24(14)16-19-3-2-4-20-16)23-15(25)12-5-11(8-18)6-13(17)7-12/h2-7,9-10H,1H3,(H,23,25)/t10-/m0/s1. The number of carbonyl (C=O) groups is 1. The van der Waals surface area contributed by atoms with Crippen LogP contribution in [0.2, 0.25) is 0 Å². The van der Waals surface area contributed by atoms with Crippen molar-refractivity contribution in [3.8, 4) is 12.0 Å². The summed E-state index contributed by atoms with van der Waals surface area (Å²) in [6.07, 6.45) is 4.45. The highest BCUT2D eigenvalue weighted by molar-refractivity contribution is 5.94. The zero-order chi connectivity index (χ0) is 17.8. The fourth-order valence-corrected chi connectivity index (χ4v) is 2.23. The number of hydrogen-bond donors (Lipinski definition) is 1. The van der Waals surface area contributed by atoms with Crippen LogP contribution < -0.4 is 5.32 Å². The lowest BCUT2D eigenvalue weighted by molar-refractivity contribution is 0.0937. The van der Waals surface area contributed by atoms with Gasteiger partial charge in [-0.25, -0.2) is 19.3 Å². The van der Waals surface area contributed by atoms with Gasteiger partial charge in [-0.1, -0.05) is 0 Å². The molecule has 0 fully saturated rings. The van der Waals surface area contributed by atoms with Crippen LogP contribution in [0.3, 0.4) is 0 Å². The van der Waals surface area contributed by atoms with Crippen LogP contribution in [0.15, 0.2) is 43.0 Å². The van der Waals surface area contributed by atoms with Gasteiger partial charge >= 0.3 is 0 Å². The Hall–Kier alpha value is -3.67. The molecule has 2 aromatic heterocycles. The van der Waals surface area contributed by atoms with Crippen molar-refractivity contribution >= 4 is 5.91 Å². The number of carbonyl (C=O) groups excluding carboxylic acids is 1. The van der Waals surface area contributed by atoms with E-state index in [-0.39, 0.29) is 11.1 Å². The minimum atomic E-state index is -0.655. The first-order valence-corrected chi connectivity index (χ1v) is 7.27. The van der Waals surface area contributed by atoms with Gasteiger partial charge in [-0.2, -0.15) is 15.0 Å². The van der Waals surface area contributed by atoms with Gasteiger partial charge in [0.25, 0.3) is 11.9 Å². The molecule has 3 rings (SSSR count). The molecule has 0 radical (unpaired) electrons. The molecule has 2 heterocycles. The summed E-state index contributed by atoms with van der Waals surface area (Å²) in [4.78, 5) is 24.6. The zero-order valence-electron chi connectivity index (χ0n) is 13.1. The zero-order valence-corrected chi connectivity index (χ0v) is 13.1. The van der Waals surface area contributed by atoms with Crippen molar-refractivity contribution < 1.29 is 9.18 Å². The Morgan fingerprint density at radius 2 is 2.04 bits per heavy atom. The first kappa shape index (κ1) is 16.2. The maximum Gasteiger partial charge on any atom is 0.252 e. The Balaban J connectivity index is 1.83. The second kappa shape index (κ2) is 6.84. The number of aromatic nitrogens is 5. The normalized spacial score (nSPS) is 11.6. The van der Waals surface area contributed by atoms with Gasteiger partial charge in [-0.15, -0.1) is 0 Å². The molecule has 1 amide bonds. The second-order valence-corrected chi connectivity index (χ2v) is 5.11. The largest absolute Gasteiger partial charge is 0.342 e. The first-order valence-electron chi connectivity index (χ1n) is 7.27. The van der Waals surface area contributed by atoms with Crippen molar-refractivity contribution in [2.45, 2.75) is 13.0 Å². The maximum absolute atomic E-state index is 13.5. The van der Waals surface area contributed by atoms with E-state index in [1.165, 1.54) is 17.1 Å². The predicted molar refractivity (Wildman–Crippen MR) is 83.9 cm³/mol. The SMILES string of the molecule is C[C@H](NC(=O)c1cc(F)cc(C#N)c1)c1ncnn1-c1ncccn1. The number of rotatable bonds is 4. The highest BCUT2D eigenvalue weighted by atomic mass is 19.1. The van der Waals surface area contributed by atoms with E-state index in [4.69, 9.17) is 5.26 Å². The molecule has 0 spiro atoms. The van der Waals surface area contributed by atoms with E-state index >= 15 is 0 Å². The average molecular weight is 337 g/mol. The molecule has 1 N–H and O–H groups in total. The first-order chi connectivity index (χ1) is 12.1. The molecule has 0 aliphatic carbocycles. The van der Waals surface area contributed by atoms with Crippen LogP contribution in [-0.4, -0.2) is 30.6 Å². The predicted octanol–water partition coefficient (Wildman–Crippen LogP) is 1.56. The highest BCUT2D eigenvalue weighted by Crippen LogP contribution is 2.14. The number of amides is 1. The molecule has 9 heteroatoms. The fraction of sp³-hybridized carbons (Fsp3) is 0.125. The maximum atomic E-state index is 13.5. The Morgan fingerprint density at radius 3 is 2.76 bits per heavy atom. The van der Waals surface area contributed by atoms with Crippen molar-refractivity contribution in [2.75, 3.05) is 0 Å². The summed E-state index contributed by atoms with van der Waals surface area (Å²) in [6.45, 7) is 1.70. The Morgan fingerprint density at radius 1 is 1.28 bits per heavy atom.